The fraction of sp³-hybridized carbons (Fsp3) is 0.300. The second kappa shape index (κ2) is 2.82. The van der Waals surface area contributed by atoms with E-state index in [4.69, 9.17) is 14.6 Å². The van der Waals surface area contributed by atoms with Gasteiger partial charge in [0.2, 0.25) is 7.14 Å². The van der Waals surface area contributed by atoms with E-state index in [9.17, 15) is 4.57 Å². The predicted molar refractivity (Wildman–Crippen MR) is 66.1 cm³/mol. The van der Waals surface area contributed by atoms with Gasteiger partial charge in [0.1, 0.15) is 0 Å². The summed E-state index contributed by atoms with van der Waals surface area (Å²) in [6.07, 6.45) is 1.03. The normalized spacial score (nSPS) is 22.6. The number of furan rings is 1. The smallest absolute Gasteiger partial charge is 0.293 e. The Hall–Kier alpha value is -1.13. The monoisotopic (exact) mass is 268 g/mol. The summed E-state index contributed by atoms with van der Waals surface area (Å²) >= 11 is 1.55. The zero-order valence-corrected chi connectivity index (χ0v) is 10.7. The van der Waals surface area contributed by atoms with Crippen LogP contribution in [-0.4, -0.2) is 10.7 Å². The molecule has 0 saturated carbocycles. The predicted octanol–water partition coefficient (Wildman–Crippen LogP) is 1.29. The van der Waals surface area contributed by atoms with Crippen molar-refractivity contribution in [3.63, 3.8) is 0 Å². The number of nitrogens with two attached hydrogens (primary N) is 1. The molecule has 7 heteroatoms. The van der Waals surface area contributed by atoms with Gasteiger partial charge in [-0.3, -0.25) is 0 Å². The maximum atomic E-state index is 11.9. The van der Waals surface area contributed by atoms with Crippen molar-refractivity contribution in [2.75, 3.05) is 11.5 Å². The van der Waals surface area contributed by atoms with E-state index in [1.807, 2.05) is 0 Å². The fourth-order valence-electron chi connectivity index (χ4n) is 2.02. The minimum Gasteiger partial charge on any atom is -0.449 e. The third-order valence-electron chi connectivity index (χ3n) is 2.92. The number of rotatable bonds is 4. The number of aromatic nitrogens is 1. The molecule has 0 saturated heterocycles. The van der Waals surface area contributed by atoms with Gasteiger partial charge in [-0.25, -0.2) is 0 Å². The molecule has 5 nitrogen and oxygen atoms in total. The lowest BCUT2D eigenvalue weighted by Gasteiger charge is -1.95. The van der Waals surface area contributed by atoms with Gasteiger partial charge in [-0.05, 0) is 6.42 Å². The number of nitrogens with zero attached hydrogens (tertiary/aromatic N) is 1. The van der Waals surface area contributed by atoms with E-state index in [-0.39, 0.29) is 6.01 Å². The van der Waals surface area contributed by atoms with Crippen LogP contribution in [0.15, 0.2) is 13.9 Å². The van der Waals surface area contributed by atoms with Crippen molar-refractivity contribution in [3.8, 4) is 11.5 Å². The van der Waals surface area contributed by atoms with Gasteiger partial charge < -0.3 is 19.1 Å². The summed E-state index contributed by atoms with van der Waals surface area (Å²) < 4.78 is 22.7. The molecule has 17 heavy (non-hydrogen) atoms. The van der Waals surface area contributed by atoms with E-state index in [0.717, 1.165) is 22.8 Å². The second-order valence-electron chi connectivity index (χ2n) is 4.08. The molecule has 2 N–H and O–H groups in total. The van der Waals surface area contributed by atoms with Gasteiger partial charge >= 0.3 is 0 Å². The van der Waals surface area contributed by atoms with Crippen LogP contribution in [-0.2, 0) is 4.57 Å². The molecule has 88 valence electrons. The third kappa shape index (κ3) is 1.03. The molecule has 0 amide bonds. The Labute approximate surface area is 101 Å². The average Bonchev–Trinajstić information content (AvgIpc) is 2.89. The highest BCUT2D eigenvalue weighted by Gasteiger charge is 2.75. The highest BCUT2D eigenvalue weighted by molar-refractivity contribution is 8.06. The first-order chi connectivity index (χ1) is 8.17. The summed E-state index contributed by atoms with van der Waals surface area (Å²) in [5.41, 5.74) is 6.85. The topological polar surface area (TPSA) is 82.3 Å². The molecule has 1 atom stereocenters. The molecular formula is C10H9N2O3PS. The molecule has 1 unspecified atom stereocenters. The molecule has 0 aliphatic carbocycles. The lowest BCUT2D eigenvalue weighted by Crippen LogP contribution is -1.96. The summed E-state index contributed by atoms with van der Waals surface area (Å²) in [5, 5.41) is 2.45. The standard InChI is InChI=1S/C10H9N2O3PS/c1-2-3-17-9-4(12-10(11)15-9)5-6-7-8(14-5)16(6,7)13/h2-3H2,1H3,(H2,11,12). The number of fused-ring (bicyclic) bond motifs is 1. The number of hydrogen-bond donors (Lipinski definition) is 1. The van der Waals surface area contributed by atoms with Gasteiger partial charge in [0.05, 0.1) is 10.6 Å². The van der Waals surface area contributed by atoms with Gasteiger partial charge in [-0.2, -0.15) is 4.98 Å². The van der Waals surface area contributed by atoms with Crippen molar-refractivity contribution in [3.05, 3.63) is 0 Å². The van der Waals surface area contributed by atoms with Crippen LogP contribution in [0.3, 0.4) is 0 Å². The molecule has 0 fully saturated rings. The summed E-state index contributed by atoms with van der Waals surface area (Å²) in [6.45, 7) is 2.09. The Morgan fingerprint density at radius 3 is 2.76 bits per heavy atom. The van der Waals surface area contributed by atoms with Gasteiger partial charge in [-0.1, -0.05) is 18.7 Å². The van der Waals surface area contributed by atoms with E-state index in [2.05, 4.69) is 11.9 Å². The lowest BCUT2D eigenvalue weighted by molar-refractivity contribution is 0.488. The Morgan fingerprint density at radius 2 is 2.18 bits per heavy atom. The largest absolute Gasteiger partial charge is 0.449 e. The molecular weight excluding hydrogens is 259 g/mol. The summed E-state index contributed by atoms with van der Waals surface area (Å²) in [4.78, 5) is 4.13. The van der Waals surface area contributed by atoms with Crippen molar-refractivity contribution in [1.82, 2.24) is 4.98 Å². The number of thioether (sulfide) groups is 1. The van der Waals surface area contributed by atoms with E-state index in [0.29, 0.717) is 22.0 Å². The number of oxazole rings is 1. The minimum atomic E-state index is -2.19. The number of hydrogen-bond acceptors (Lipinski definition) is 6. The van der Waals surface area contributed by atoms with Crippen molar-refractivity contribution in [2.24, 2.45) is 0 Å². The first-order valence-electron chi connectivity index (χ1n) is 5.36. The highest BCUT2D eigenvalue weighted by Crippen LogP contribution is 2.70. The van der Waals surface area contributed by atoms with Crippen molar-refractivity contribution in [1.29, 1.82) is 0 Å². The maximum absolute atomic E-state index is 11.9. The molecule has 2 aromatic heterocycles. The molecule has 0 spiro atoms. The van der Waals surface area contributed by atoms with Gasteiger partial charge in [0.25, 0.3) is 6.01 Å². The van der Waals surface area contributed by atoms with Crippen molar-refractivity contribution >= 4 is 41.0 Å². The van der Waals surface area contributed by atoms with E-state index < -0.39 is 7.14 Å². The SMILES string of the molecule is CCCSc1oc(N)nc1-c1oc2c3c1P23=O. The van der Waals surface area contributed by atoms with E-state index in [1.165, 1.54) is 0 Å². The zero-order valence-electron chi connectivity index (χ0n) is 9.02. The average molecular weight is 268 g/mol. The van der Waals surface area contributed by atoms with Gasteiger partial charge in [-0.15, -0.1) is 0 Å². The van der Waals surface area contributed by atoms with Crippen LogP contribution in [0.5, 0.6) is 0 Å². The minimum absolute atomic E-state index is 0.127. The Balaban J connectivity index is 1.77. The lowest BCUT2D eigenvalue weighted by atomic mass is 10.4. The summed E-state index contributed by atoms with van der Waals surface area (Å²) in [5.74, 6) is 1.53. The Bertz CT molecular complexity index is 694. The van der Waals surface area contributed by atoms with Crippen LogP contribution >= 0.6 is 18.9 Å². The van der Waals surface area contributed by atoms with Crippen LogP contribution in [0, 0.1) is 0 Å². The molecule has 2 aromatic rings. The van der Waals surface area contributed by atoms with Crippen LogP contribution in [0.2, 0.25) is 0 Å². The van der Waals surface area contributed by atoms with Gasteiger partial charge in [0, 0.05) is 5.75 Å². The van der Waals surface area contributed by atoms with Crippen molar-refractivity contribution in [2.45, 2.75) is 18.4 Å². The van der Waals surface area contributed by atoms with Crippen LogP contribution in [0.4, 0.5) is 6.01 Å². The summed E-state index contributed by atoms with van der Waals surface area (Å²) in [6, 6.07) is 0.127. The Morgan fingerprint density at radius 1 is 1.41 bits per heavy atom. The number of anilines is 1. The first kappa shape index (κ1) is 9.85. The molecule has 0 aromatic carbocycles. The molecule has 3 aliphatic rings. The van der Waals surface area contributed by atoms with Gasteiger partial charge in [0.15, 0.2) is 22.0 Å². The molecule has 5 heterocycles. The van der Waals surface area contributed by atoms with E-state index >= 15 is 0 Å². The van der Waals surface area contributed by atoms with Crippen LogP contribution in [0.25, 0.3) is 11.5 Å². The van der Waals surface area contributed by atoms with Crippen molar-refractivity contribution < 1.29 is 13.4 Å². The zero-order chi connectivity index (χ0) is 11.8. The highest BCUT2D eigenvalue weighted by atomic mass is 32.2. The second-order valence-corrected chi connectivity index (χ2v) is 7.67. The third-order valence-corrected chi connectivity index (χ3v) is 6.63. The van der Waals surface area contributed by atoms with Crippen LogP contribution < -0.4 is 21.8 Å². The summed E-state index contributed by atoms with van der Waals surface area (Å²) in [7, 11) is -2.19. The fourth-order valence-corrected chi connectivity index (χ4v) is 5.31. The maximum Gasteiger partial charge on any atom is 0.293 e. The molecule has 2 bridgehead atoms. The Kier molecular flexibility index (Phi) is 1.63. The first-order valence-corrected chi connectivity index (χ1v) is 8.05. The van der Waals surface area contributed by atoms with Crippen LogP contribution in [0.1, 0.15) is 13.3 Å². The quantitative estimate of drug-likeness (QED) is 0.443. The molecule has 0 radical (unpaired) electrons. The molecule has 3 aliphatic heterocycles. The number of nitrogen functional groups attached to an aromatic ring is 1. The van der Waals surface area contributed by atoms with E-state index in [1.54, 1.807) is 11.8 Å². The molecule has 5 rings (SSSR count).